The first-order chi connectivity index (χ1) is 5.70. The normalized spacial score (nSPS) is 9.08. The molecule has 1 aromatic carbocycles. The minimum atomic E-state index is -0.756. The Balaban J connectivity index is 2.65. The van der Waals surface area contributed by atoms with Crippen LogP contribution in [0, 0.1) is 0 Å². The van der Waals surface area contributed by atoms with E-state index in [1.165, 1.54) is 0 Å². The molecule has 0 amide bonds. The van der Waals surface area contributed by atoms with Crippen molar-refractivity contribution < 1.29 is 9.53 Å². The molecule has 0 aliphatic rings. The number of para-hydroxylation sites is 1. The van der Waals surface area contributed by atoms with E-state index < -0.39 is 5.24 Å². The number of hydrogen-bond acceptors (Lipinski definition) is 3. The first kappa shape index (κ1) is 9.16. The van der Waals surface area contributed by atoms with Gasteiger partial charge in [-0.05, 0) is 36.0 Å². The quantitative estimate of drug-likeness (QED) is 0.541. The van der Waals surface area contributed by atoms with Gasteiger partial charge >= 0.3 is 0 Å². The fourth-order valence-corrected chi connectivity index (χ4v) is 0.770. The smallest absolute Gasteiger partial charge is 0.299 e. The van der Waals surface area contributed by atoms with Crippen LogP contribution in [0.3, 0.4) is 0 Å². The molecule has 0 bridgehead atoms. The van der Waals surface area contributed by atoms with Gasteiger partial charge in [0.15, 0.2) is 0 Å². The van der Waals surface area contributed by atoms with Gasteiger partial charge in [0.25, 0.3) is 10.3 Å². The van der Waals surface area contributed by atoms with Crippen LogP contribution in [-0.4, -0.2) is 10.3 Å². The first-order valence-corrected chi connectivity index (χ1v) is 3.95. The van der Waals surface area contributed by atoms with Gasteiger partial charge in [0, 0.05) is 0 Å². The minimum Gasteiger partial charge on any atom is -0.441 e. The molecule has 0 unspecified atom stereocenters. The maximum atomic E-state index is 10.4. The Morgan fingerprint density at radius 3 is 2.42 bits per heavy atom. The van der Waals surface area contributed by atoms with Crippen LogP contribution >= 0.6 is 23.8 Å². The molecule has 0 aliphatic carbocycles. The minimum absolute atomic E-state index is 0.233. The average Bonchev–Trinajstić information content (AvgIpc) is 2.06. The van der Waals surface area contributed by atoms with Crippen molar-refractivity contribution in [3.63, 3.8) is 0 Å². The van der Waals surface area contributed by atoms with Crippen molar-refractivity contribution in [1.82, 2.24) is 0 Å². The molecule has 0 N–H and O–H groups in total. The van der Waals surface area contributed by atoms with Gasteiger partial charge in [-0.25, -0.2) is 0 Å². The average molecular weight is 201 g/mol. The van der Waals surface area contributed by atoms with E-state index in [2.05, 4.69) is 12.2 Å². The van der Waals surface area contributed by atoms with Gasteiger partial charge in [0.2, 0.25) is 0 Å². The summed E-state index contributed by atoms with van der Waals surface area (Å²) < 4.78 is 4.93. The van der Waals surface area contributed by atoms with E-state index in [0.717, 1.165) is 0 Å². The standard InChI is InChI=1S/C8H5ClO2S/c9-7(10)8(12)11-6-4-2-1-3-5-6/h1-5H. The number of benzene rings is 1. The molecule has 2 nitrogen and oxygen atoms in total. The van der Waals surface area contributed by atoms with Crippen molar-refractivity contribution in [2.75, 3.05) is 0 Å². The monoisotopic (exact) mass is 200 g/mol. The predicted octanol–water partition coefficient (Wildman–Crippen LogP) is 2.16. The highest BCUT2D eigenvalue weighted by Gasteiger charge is 2.06. The second kappa shape index (κ2) is 4.18. The molecule has 0 aromatic heterocycles. The van der Waals surface area contributed by atoms with Crippen LogP contribution in [0.1, 0.15) is 0 Å². The zero-order valence-corrected chi connectivity index (χ0v) is 7.56. The fourth-order valence-electron chi connectivity index (χ4n) is 0.636. The van der Waals surface area contributed by atoms with Crippen molar-refractivity contribution in [2.45, 2.75) is 0 Å². The van der Waals surface area contributed by atoms with Gasteiger partial charge in [-0.15, -0.1) is 0 Å². The van der Waals surface area contributed by atoms with Crippen LogP contribution in [0.2, 0.25) is 0 Å². The number of carbonyl (C=O) groups excluding carboxylic acids is 1. The van der Waals surface area contributed by atoms with Crippen molar-refractivity contribution in [2.24, 2.45) is 0 Å². The largest absolute Gasteiger partial charge is 0.441 e. The Labute approximate surface area is 80.1 Å². The Morgan fingerprint density at radius 1 is 1.33 bits per heavy atom. The van der Waals surface area contributed by atoms with E-state index in [1.807, 2.05) is 6.07 Å². The third-order valence-electron chi connectivity index (χ3n) is 1.11. The van der Waals surface area contributed by atoms with Crippen molar-refractivity contribution in [3.05, 3.63) is 30.3 Å². The molecule has 62 valence electrons. The number of hydrogen-bond donors (Lipinski definition) is 0. The summed E-state index contributed by atoms with van der Waals surface area (Å²) in [5, 5.41) is -0.989. The number of carbonyl (C=O) groups is 1. The lowest BCUT2D eigenvalue weighted by molar-refractivity contribution is -0.106. The molecular formula is C8H5ClO2S. The van der Waals surface area contributed by atoms with Gasteiger partial charge in [-0.1, -0.05) is 18.2 Å². The van der Waals surface area contributed by atoms with Gasteiger partial charge in [-0.3, -0.25) is 4.79 Å². The number of rotatable bonds is 2. The molecule has 4 heteroatoms. The Kier molecular flexibility index (Phi) is 3.19. The summed E-state index contributed by atoms with van der Waals surface area (Å²) in [7, 11) is 0. The van der Waals surface area contributed by atoms with E-state index in [0.29, 0.717) is 5.75 Å². The molecule has 0 fully saturated rings. The molecule has 0 saturated carbocycles. The molecule has 1 aromatic rings. The lowest BCUT2D eigenvalue weighted by atomic mass is 10.3. The molecule has 0 saturated heterocycles. The van der Waals surface area contributed by atoms with E-state index in [1.54, 1.807) is 24.3 Å². The molecule has 0 radical (unpaired) electrons. The molecule has 12 heavy (non-hydrogen) atoms. The summed E-state index contributed by atoms with van der Waals surface area (Å²) in [4.78, 5) is 10.4. The number of halogens is 1. The number of ether oxygens (including phenoxy) is 1. The Hall–Kier alpha value is -0.930. The summed E-state index contributed by atoms with van der Waals surface area (Å²) in [5.74, 6) is 0.511. The summed E-state index contributed by atoms with van der Waals surface area (Å²) in [6.45, 7) is 0. The van der Waals surface area contributed by atoms with Gasteiger partial charge in [0.05, 0.1) is 0 Å². The second-order valence-corrected chi connectivity index (χ2v) is 2.69. The summed E-state index contributed by atoms with van der Waals surface area (Å²) in [5.41, 5.74) is 0. The highest BCUT2D eigenvalue weighted by molar-refractivity contribution is 7.82. The molecule has 1 rings (SSSR count). The Bertz CT molecular complexity index is 297. The molecular weight excluding hydrogens is 196 g/mol. The van der Waals surface area contributed by atoms with Crippen molar-refractivity contribution in [1.29, 1.82) is 0 Å². The summed E-state index contributed by atoms with van der Waals surface area (Å²) >= 11 is 9.63. The van der Waals surface area contributed by atoms with E-state index >= 15 is 0 Å². The molecule has 0 aliphatic heterocycles. The second-order valence-electron chi connectivity index (χ2n) is 1.98. The maximum absolute atomic E-state index is 10.4. The van der Waals surface area contributed by atoms with Crippen molar-refractivity contribution in [3.8, 4) is 5.75 Å². The molecule has 0 atom stereocenters. The highest BCUT2D eigenvalue weighted by atomic mass is 35.5. The topological polar surface area (TPSA) is 26.3 Å². The van der Waals surface area contributed by atoms with Gasteiger partial charge in [-0.2, -0.15) is 0 Å². The summed E-state index contributed by atoms with van der Waals surface area (Å²) in [6.07, 6.45) is 0. The Morgan fingerprint density at radius 2 is 1.92 bits per heavy atom. The lowest BCUT2D eigenvalue weighted by Crippen LogP contribution is -2.12. The fraction of sp³-hybridized carbons (Fsp3) is 0. The zero-order valence-electron chi connectivity index (χ0n) is 5.99. The van der Waals surface area contributed by atoms with Crippen LogP contribution in [0.5, 0.6) is 5.75 Å². The summed E-state index contributed by atoms with van der Waals surface area (Å²) in [6, 6.07) is 8.75. The third-order valence-corrected chi connectivity index (χ3v) is 1.67. The third kappa shape index (κ3) is 2.60. The van der Waals surface area contributed by atoms with Crippen LogP contribution in [0.4, 0.5) is 0 Å². The van der Waals surface area contributed by atoms with Crippen LogP contribution in [0.15, 0.2) is 30.3 Å². The van der Waals surface area contributed by atoms with E-state index in [4.69, 9.17) is 16.3 Å². The van der Waals surface area contributed by atoms with E-state index in [-0.39, 0.29) is 5.05 Å². The zero-order chi connectivity index (χ0) is 8.97. The SMILES string of the molecule is O=C(Cl)C(=S)Oc1ccccc1. The lowest BCUT2D eigenvalue weighted by Gasteiger charge is -2.01. The number of thiocarbonyl (C=S) groups is 1. The van der Waals surface area contributed by atoms with Gasteiger partial charge < -0.3 is 4.74 Å². The van der Waals surface area contributed by atoms with Crippen molar-refractivity contribution >= 4 is 34.1 Å². The molecule has 0 heterocycles. The first-order valence-electron chi connectivity index (χ1n) is 3.17. The maximum Gasteiger partial charge on any atom is 0.299 e. The van der Waals surface area contributed by atoms with Gasteiger partial charge in [0.1, 0.15) is 5.75 Å². The molecule has 0 spiro atoms. The predicted molar refractivity (Wildman–Crippen MR) is 50.5 cm³/mol. The van der Waals surface area contributed by atoms with E-state index in [9.17, 15) is 4.79 Å². The van der Waals surface area contributed by atoms with Crippen LogP contribution in [0.25, 0.3) is 0 Å². The highest BCUT2D eigenvalue weighted by Crippen LogP contribution is 2.09. The van der Waals surface area contributed by atoms with Crippen LogP contribution in [-0.2, 0) is 4.79 Å². The van der Waals surface area contributed by atoms with Crippen LogP contribution < -0.4 is 4.74 Å².